The average Bonchev–Trinajstić information content (AvgIpc) is 2.69. The van der Waals surface area contributed by atoms with E-state index in [1.54, 1.807) is 0 Å². The molecule has 0 radical (unpaired) electrons. The number of aliphatic hydroxyl groups is 1. The number of hydrogen-bond donors (Lipinski definition) is 2. The molecule has 0 bridgehead atoms. The molecule has 0 aromatic carbocycles. The second-order valence-corrected chi connectivity index (χ2v) is 4.27. The van der Waals surface area contributed by atoms with Crippen molar-refractivity contribution in [3.8, 4) is 0 Å². The van der Waals surface area contributed by atoms with Crippen molar-refractivity contribution < 1.29 is 9.84 Å². The summed E-state index contributed by atoms with van der Waals surface area (Å²) in [6.45, 7) is 4.88. The second-order valence-electron chi connectivity index (χ2n) is 4.27. The van der Waals surface area contributed by atoms with E-state index in [4.69, 9.17) is 9.84 Å². The van der Waals surface area contributed by atoms with Gasteiger partial charge in [-0.2, -0.15) is 0 Å². The zero-order valence-electron chi connectivity index (χ0n) is 9.17. The Bertz CT molecular complexity index is 135. The van der Waals surface area contributed by atoms with Crippen molar-refractivity contribution in [2.24, 2.45) is 5.92 Å². The minimum absolute atomic E-state index is 0.260. The molecule has 1 aliphatic carbocycles. The number of aliphatic hydroxyl groups excluding tert-OH is 1. The molecule has 3 heteroatoms. The normalized spacial score (nSPS) is 20.1. The van der Waals surface area contributed by atoms with E-state index in [2.05, 4.69) is 5.32 Å². The Balaban J connectivity index is 1.84. The van der Waals surface area contributed by atoms with Crippen LogP contribution >= 0.6 is 0 Å². The summed E-state index contributed by atoms with van der Waals surface area (Å²) in [6, 6.07) is 0. The van der Waals surface area contributed by atoms with Gasteiger partial charge in [0.15, 0.2) is 0 Å². The molecule has 1 rings (SSSR count). The molecule has 1 unspecified atom stereocenters. The minimum atomic E-state index is 0.260. The maximum absolute atomic E-state index is 8.79. The fourth-order valence-corrected chi connectivity index (χ4v) is 1.77. The molecular formula is C11H23NO2. The molecule has 0 amide bonds. The SMILES string of the molecule is CC(CO)CNCCOC1CCCC1. The molecule has 0 saturated heterocycles. The standard InChI is InChI=1S/C11H23NO2/c1-10(9-13)8-12-6-7-14-11-4-2-3-5-11/h10-13H,2-9H2,1H3. The first-order valence-electron chi connectivity index (χ1n) is 5.76. The van der Waals surface area contributed by atoms with Gasteiger partial charge in [-0.25, -0.2) is 0 Å². The smallest absolute Gasteiger partial charge is 0.0594 e. The van der Waals surface area contributed by atoms with Crippen LogP contribution < -0.4 is 5.32 Å². The maximum Gasteiger partial charge on any atom is 0.0594 e. The summed E-state index contributed by atoms with van der Waals surface area (Å²) in [5.41, 5.74) is 0. The third kappa shape index (κ3) is 4.94. The van der Waals surface area contributed by atoms with Gasteiger partial charge in [0.05, 0.1) is 12.7 Å². The minimum Gasteiger partial charge on any atom is -0.396 e. The van der Waals surface area contributed by atoms with Crippen molar-refractivity contribution >= 4 is 0 Å². The number of hydrogen-bond acceptors (Lipinski definition) is 3. The van der Waals surface area contributed by atoms with Gasteiger partial charge < -0.3 is 15.2 Å². The lowest BCUT2D eigenvalue weighted by Gasteiger charge is -2.12. The van der Waals surface area contributed by atoms with Crippen molar-refractivity contribution in [2.45, 2.75) is 38.7 Å². The lowest BCUT2D eigenvalue weighted by atomic mass is 10.2. The highest BCUT2D eigenvalue weighted by Crippen LogP contribution is 2.20. The summed E-state index contributed by atoms with van der Waals surface area (Å²) in [7, 11) is 0. The third-order valence-corrected chi connectivity index (χ3v) is 2.74. The van der Waals surface area contributed by atoms with Gasteiger partial charge in [0.1, 0.15) is 0 Å². The zero-order chi connectivity index (χ0) is 10.2. The Morgan fingerprint density at radius 1 is 1.43 bits per heavy atom. The first-order chi connectivity index (χ1) is 6.83. The van der Waals surface area contributed by atoms with Gasteiger partial charge in [-0.3, -0.25) is 0 Å². The molecule has 2 N–H and O–H groups in total. The van der Waals surface area contributed by atoms with Crippen molar-refractivity contribution in [3.05, 3.63) is 0 Å². The predicted molar refractivity (Wildman–Crippen MR) is 57.3 cm³/mol. The Kier molecular flexibility index (Phi) is 6.15. The molecule has 1 atom stereocenters. The van der Waals surface area contributed by atoms with Gasteiger partial charge in [-0.05, 0) is 25.3 Å². The van der Waals surface area contributed by atoms with Gasteiger partial charge in [0.25, 0.3) is 0 Å². The van der Waals surface area contributed by atoms with Crippen LogP contribution in [-0.2, 0) is 4.74 Å². The van der Waals surface area contributed by atoms with E-state index in [0.717, 1.165) is 19.7 Å². The molecule has 0 aromatic rings. The lowest BCUT2D eigenvalue weighted by molar-refractivity contribution is 0.0597. The Labute approximate surface area is 86.8 Å². The molecule has 0 aromatic heterocycles. The van der Waals surface area contributed by atoms with Crippen LogP contribution in [-0.4, -0.2) is 37.5 Å². The van der Waals surface area contributed by atoms with Crippen molar-refractivity contribution in [2.75, 3.05) is 26.3 Å². The van der Waals surface area contributed by atoms with Crippen LogP contribution in [0.2, 0.25) is 0 Å². The fraction of sp³-hybridized carbons (Fsp3) is 1.00. The molecule has 0 heterocycles. The highest BCUT2D eigenvalue weighted by Gasteiger charge is 2.14. The Morgan fingerprint density at radius 2 is 2.14 bits per heavy atom. The van der Waals surface area contributed by atoms with E-state index >= 15 is 0 Å². The van der Waals surface area contributed by atoms with Gasteiger partial charge >= 0.3 is 0 Å². The first-order valence-corrected chi connectivity index (χ1v) is 5.76. The van der Waals surface area contributed by atoms with Crippen LogP contribution in [0, 0.1) is 5.92 Å². The highest BCUT2D eigenvalue weighted by molar-refractivity contribution is 4.66. The van der Waals surface area contributed by atoms with Crippen LogP contribution in [0.5, 0.6) is 0 Å². The van der Waals surface area contributed by atoms with Gasteiger partial charge in [-0.1, -0.05) is 19.8 Å². The molecular weight excluding hydrogens is 178 g/mol. The largest absolute Gasteiger partial charge is 0.396 e. The molecule has 1 saturated carbocycles. The monoisotopic (exact) mass is 201 g/mol. The van der Waals surface area contributed by atoms with Crippen molar-refractivity contribution in [1.82, 2.24) is 5.32 Å². The summed E-state index contributed by atoms with van der Waals surface area (Å²) in [4.78, 5) is 0. The number of ether oxygens (including phenoxy) is 1. The number of rotatable bonds is 7. The average molecular weight is 201 g/mol. The zero-order valence-corrected chi connectivity index (χ0v) is 9.17. The lowest BCUT2D eigenvalue weighted by Crippen LogP contribution is -2.27. The van der Waals surface area contributed by atoms with E-state index < -0.39 is 0 Å². The van der Waals surface area contributed by atoms with Crippen molar-refractivity contribution in [3.63, 3.8) is 0 Å². The predicted octanol–water partition coefficient (Wildman–Crippen LogP) is 1.16. The van der Waals surface area contributed by atoms with Gasteiger partial charge in [0, 0.05) is 13.2 Å². The van der Waals surface area contributed by atoms with Crippen LogP contribution in [0.15, 0.2) is 0 Å². The van der Waals surface area contributed by atoms with Gasteiger partial charge in [-0.15, -0.1) is 0 Å². The molecule has 0 aliphatic heterocycles. The molecule has 14 heavy (non-hydrogen) atoms. The second kappa shape index (κ2) is 7.21. The van der Waals surface area contributed by atoms with Crippen molar-refractivity contribution in [1.29, 1.82) is 0 Å². The van der Waals surface area contributed by atoms with Crippen LogP contribution in [0.25, 0.3) is 0 Å². The van der Waals surface area contributed by atoms with Gasteiger partial charge in [0.2, 0.25) is 0 Å². The van der Waals surface area contributed by atoms with E-state index in [1.807, 2.05) is 6.92 Å². The molecule has 3 nitrogen and oxygen atoms in total. The highest BCUT2D eigenvalue weighted by atomic mass is 16.5. The summed E-state index contributed by atoms with van der Waals surface area (Å²) in [5.74, 6) is 0.349. The van der Waals surface area contributed by atoms with E-state index in [-0.39, 0.29) is 6.61 Å². The topological polar surface area (TPSA) is 41.5 Å². The maximum atomic E-state index is 8.79. The summed E-state index contributed by atoms with van der Waals surface area (Å²) in [6.07, 6.45) is 5.67. The first kappa shape index (κ1) is 12.0. The van der Waals surface area contributed by atoms with Crippen LogP contribution in [0.4, 0.5) is 0 Å². The van der Waals surface area contributed by atoms with Crippen LogP contribution in [0.1, 0.15) is 32.6 Å². The van der Waals surface area contributed by atoms with Crippen LogP contribution in [0.3, 0.4) is 0 Å². The molecule has 0 spiro atoms. The number of nitrogens with one attached hydrogen (secondary N) is 1. The Hall–Kier alpha value is -0.120. The quantitative estimate of drug-likeness (QED) is 0.607. The van der Waals surface area contributed by atoms with E-state index in [1.165, 1.54) is 25.7 Å². The summed E-state index contributed by atoms with van der Waals surface area (Å²) >= 11 is 0. The third-order valence-electron chi connectivity index (χ3n) is 2.74. The summed E-state index contributed by atoms with van der Waals surface area (Å²) < 4.78 is 5.69. The van der Waals surface area contributed by atoms with E-state index in [9.17, 15) is 0 Å². The molecule has 1 fully saturated rings. The fourth-order valence-electron chi connectivity index (χ4n) is 1.77. The molecule has 1 aliphatic rings. The van der Waals surface area contributed by atoms with E-state index in [0.29, 0.717) is 12.0 Å². The molecule has 84 valence electrons. The summed E-state index contributed by atoms with van der Waals surface area (Å²) in [5, 5.41) is 12.1. The Morgan fingerprint density at radius 3 is 2.79 bits per heavy atom.